The van der Waals surface area contributed by atoms with E-state index < -0.39 is 0 Å². The van der Waals surface area contributed by atoms with Crippen LogP contribution >= 0.6 is 23.2 Å². The van der Waals surface area contributed by atoms with Gasteiger partial charge < -0.3 is 20.3 Å². The number of piperidine rings is 1. The van der Waals surface area contributed by atoms with Crippen LogP contribution in [0.25, 0.3) is 0 Å². The van der Waals surface area contributed by atoms with Crippen molar-refractivity contribution >= 4 is 34.8 Å². The molecule has 2 N–H and O–H groups in total. The van der Waals surface area contributed by atoms with E-state index in [1.807, 2.05) is 11.8 Å². The normalized spacial score (nSPS) is 21.0. The van der Waals surface area contributed by atoms with Gasteiger partial charge in [-0.2, -0.15) is 0 Å². The molecule has 1 unspecified atom stereocenters. The van der Waals surface area contributed by atoms with E-state index in [2.05, 4.69) is 10.6 Å². The molecule has 0 saturated carbocycles. The summed E-state index contributed by atoms with van der Waals surface area (Å²) in [7, 11) is 0. The number of benzene rings is 1. The minimum absolute atomic E-state index is 0.115. The van der Waals surface area contributed by atoms with Crippen LogP contribution in [0.2, 0.25) is 10.0 Å². The molecule has 5 nitrogen and oxygen atoms in total. The first kappa shape index (κ1) is 17.8. The number of epoxide rings is 1. The van der Waals surface area contributed by atoms with Crippen LogP contribution in [0, 0.1) is 6.92 Å². The minimum Gasteiger partial charge on any atom is -0.376 e. The monoisotopic (exact) mass is 371 g/mol. The molecule has 2 aliphatic rings. The summed E-state index contributed by atoms with van der Waals surface area (Å²) < 4.78 is 5.21. The summed E-state index contributed by atoms with van der Waals surface area (Å²) >= 11 is 12.0. The molecule has 1 aromatic carbocycles. The van der Waals surface area contributed by atoms with E-state index >= 15 is 0 Å². The summed E-state index contributed by atoms with van der Waals surface area (Å²) in [4.78, 5) is 14.3. The number of ether oxygens (including phenoxy) is 1. The topological polar surface area (TPSA) is 56.9 Å². The Bertz CT molecular complexity index is 600. The van der Waals surface area contributed by atoms with Gasteiger partial charge in [0.15, 0.2) is 0 Å². The molecule has 0 spiro atoms. The Labute approximate surface area is 152 Å². The number of carbonyl (C=O) groups is 1. The molecule has 1 amide bonds. The third-order valence-electron chi connectivity index (χ3n) is 4.58. The number of aryl methyl sites for hydroxylation is 1. The summed E-state index contributed by atoms with van der Waals surface area (Å²) in [5.74, 6) is 0.115. The van der Waals surface area contributed by atoms with E-state index in [0.717, 1.165) is 50.3 Å². The number of hydrogen-bond acceptors (Lipinski definition) is 4. The molecule has 2 fully saturated rings. The third kappa shape index (κ3) is 4.76. The standard InChI is InChI=1S/C17H23Cl2N3O2/c1-11-6-14(18)15(19)7-16(11)21-9-17(23)22-4-2-12(3-5-22)20-8-13-10-24-13/h6-7,12-13,20-21H,2-5,8-10H2,1H3. The molecule has 3 rings (SSSR count). The average molecular weight is 372 g/mol. The van der Waals surface area contributed by atoms with Gasteiger partial charge in [-0.25, -0.2) is 0 Å². The van der Waals surface area contributed by atoms with Crippen molar-refractivity contribution in [3.05, 3.63) is 27.7 Å². The molecule has 1 atom stereocenters. The number of anilines is 1. The second-order valence-electron chi connectivity index (χ2n) is 6.45. The fourth-order valence-electron chi connectivity index (χ4n) is 2.94. The van der Waals surface area contributed by atoms with E-state index in [1.54, 1.807) is 12.1 Å². The zero-order valence-corrected chi connectivity index (χ0v) is 15.3. The van der Waals surface area contributed by atoms with Gasteiger partial charge in [0.1, 0.15) is 0 Å². The zero-order valence-electron chi connectivity index (χ0n) is 13.8. The molecule has 2 aliphatic heterocycles. The molecule has 0 aromatic heterocycles. The highest BCUT2D eigenvalue weighted by Crippen LogP contribution is 2.28. The first-order valence-electron chi connectivity index (χ1n) is 8.35. The van der Waals surface area contributed by atoms with Gasteiger partial charge in [0.2, 0.25) is 5.91 Å². The number of nitrogens with one attached hydrogen (secondary N) is 2. The minimum atomic E-state index is 0.115. The molecule has 0 bridgehead atoms. The number of halogens is 2. The first-order valence-corrected chi connectivity index (χ1v) is 9.11. The van der Waals surface area contributed by atoms with Crippen molar-refractivity contribution in [2.75, 3.05) is 38.1 Å². The lowest BCUT2D eigenvalue weighted by atomic mass is 10.0. The quantitative estimate of drug-likeness (QED) is 0.754. The molecule has 2 heterocycles. The van der Waals surface area contributed by atoms with Gasteiger partial charge in [-0.1, -0.05) is 23.2 Å². The number of rotatable bonds is 6. The Morgan fingerprint density at radius 2 is 1.96 bits per heavy atom. The van der Waals surface area contributed by atoms with Crippen LogP contribution in [0.1, 0.15) is 18.4 Å². The molecule has 132 valence electrons. The number of carbonyl (C=O) groups excluding carboxylic acids is 1. The van der Waals surface area contributed by atoms with Gasteiger partial charge in [0, 0.05) is 31.4 Å². The molecule has 24 heavy (non-hydrogen) atoms. The van der Waals surface area contributed by atoms with Crippen LogP contribution in [0.15, 0.2) is 12.1 Å². The van der Waals surface area contributed by atoms with E-state index in [9.17, 15) is 4.79 Å². The van der Waals surface area contributed by atoms with E-state index in [4.69, 9.17) is 27.9 Å². The fraction of sp³-hybridized carbons (Fsp3) is 0.588. The predicted molar refractivity (Wildman–Crippen MR) is 97.0 cm³/mol. The molecule has 7 heteroatoms. The van der Waals surface area contributed by atoms with Gasteiger partial charge in [-0.15, -0.1) is 0 Å². The summed E-state index contributed by atoms with van der Waals surface area (Å²) in [6.07, 6.45) is 2.39. The highest BCUT2D eigenvalue weighted by Gasteiger charge is 2.26. The maximum absolute atomic E-state index is 12.4. The van der Waals surface area contributed by atoms with E-state index in [-0.39, 0.29) is 12.5 Å². The molecule has 2 saturated heterocycles. The lowest BCUT2D eigenvalue weighted by Gasteiger charge is -2.32. The largest absolute Gasteiger partial charge is 0.376 e. The van der Waals surface area contributed by atoms with Crippen LogP contribution in [0.3, 0.4) is 0 Å². The van der Waals surface area contributed by atoms with Gasteiger partial charge in [-0.3, -0.25) is 4.79 Å². The van der Waals surface area contributed by atoms with E-state index in [1.165, 1.54) is 0 Å². The fourth-order valence-corrected chi connectivity index (χ4v) is 3.32. The third-order valence-corrected chi connectivity index (χ3v) is 5.30. The molecule has 0 radical (unpaired) electrons. The molecule has 0 aliphatic carbocycles. The van der Waals surface area contributed by atoms with Crippen molar-refractivity contribution in [1.82, 2.24) is 10.2 Å². The summed E-state index contributed by atoms with van der Waals surface area (Å²) in [5.41, 5.74) is 1.82. The Hall–Kier alpha value is -1.01. The van der Waals surface area contributed by atoms with Crippen LogP contribution in [-0.2, 0) is 9.53 Å². The van der Waals surface area contributed by atoms with Gasteiger partial charge in [-0.05, 0) is 37.5 Å². The van der Waals surface area contributed by atoms with Crippen molar-refractivity contribution in [3.63, 3.8) is 0 Å². The lowest BCUT2D eigenvalue weighted by Crippen LogP contribution is -2.47. The summed E-state index contributed by atoms with van der Waals surface area (Å²) in [6, 6.07) is 4.06. The van der Waals surface area contributed by atoms with Crippen molar-refractivity contribution < 1.29 is 9.53 Å². The number of nitrogens with zero attached hydrogens (tertiary/aromatic N) is 1. The second kappa shape index (κ2) is 7.91. The Morgan fingerprint density at radius 3 is 2.62 bits per heavy atom. The maximum Gasteiger partial charge on any atom is 0.241 e. The first-order chi connectivity index (χ1) is 11.5. The lowest BCUT2D eigenvalue weighted by molar-refractivity contribution is -0.130. The number of amides is 1. The maximum atomic E-state index is 12.4. The van der Waals surface area contributed by atoms with Crippen LogP contribution in [-0.4, -0.2) is 55.7 Å². The zero-order chi connectivity index (χ0) is 17.1. The van der Waals surface area contributed by atoms with E-state index in [0.29, 0.717) is 22.2 Å². The Balaban J connectivity index is 1.43. The van der Waals surface area contributed by atoms with Gasteiger partial charge in [0.05, 0.1) is 29.3 Å². The average Bonchev–Trinajstić information content (AvgIpc) is 3.39. The summed E-state index contributed by atoms with van der Waals surface area (Å²) in [5, 5.41) is 7.70. The molecular formula is C17H23Cl2N3O2. The summed E-state index contributed by atoms with van der Waals surface area (Å²) in [6.45, 7) is 5.61. The van der Waals surface area contributed by atoms with Gasteiger partial charge >= 0.3 is 0 Å². The SMILES string of the molecule is Cc1cc(Cl)c(Cl)cc1NCC(=O)N1CCC(NCC2CO2)CC1. The van der Waals surface area contributed by atoms with Crippen molar-refractivity contribution in [2.45, 2.75) is 31.9 Å². The van der Waals surface area contributed by atoms with Crippen molar-refractivity contribution in [3.8, 4) is 0 Å². The van der Waals surface area contributed by atoms with Crippen LogP contribution in [0.4, 0.5) is 5.69 Å². The Kier molecular flexibility index (Phi) is 5.87. The smallest absolute Gasteiger partial charge is 0.241 e. The number of hydrogen-bond donors (Lipinski definition) is 2. The second-order valence-corrected chi connectivity index (χ2v) is 7.27. The highest BCUT2D eigenvalue weighted by atomic mass is 35.5. The number of likely N-dealkylation sites (tertiary alicyclic amines) is 1. The highest BCUT2D eigenvalue weighted by molar-refractivity contribution is 6.42. The molecular weight excluding hydrogens is 349 g/mol. The molecule has 1 aromatic rings. The van der Waals surface area contributed by atoms with Crippen molar-refractivity contribution in [1.29, 1.82) is 0 Å². The predicted octanol–water partition coefficient (Wildman–Crippen LogP) is 2.69. The van der Waals surface area contributed by atoms with Gasteiger partial charge in [0.25, 0.3) is 0 Å². The van der Waals surface area contributed by atoms with Crippen LogP contribution in [0.5, 0.6) is 0 Å². The van der Waals surface area contributed by atoms with Crippen molar-refractivity contribution in [2.24, 2.45) is 0 Å². The van der Waals surface area contributed by atoms with Crippen LogP contribution < -0.4 is 10.6 Å². The Morgan fingerprint density at radius 1 is 1.29 bits per heavy atom.